The molecule has 0 unspecified atom stereocenters. The number of halogens is 1. The van der Waals surface area contributed by atoms with Gasteiger partial charge in [-0.1, -0.05) is 88.7 Å². The molecule has 4 aromatic carbocycles. The van der Waals surface area contributed by atoms with E-state index >= 15 is 0 Å². The lowest BCUT2D eigenvalue weighted by atomic mass is 9.92. The lowest BCUT2D eigenvalue weighted by molar-refractivity contribution is 0.104. The molecule has 0 heterocycles. The predicted molar refractivity (Wildman–Crippen MR) is 106 cm³/mol. The Bertz CT molecular complexity index is 1170. The van der Waals surface area contributed by atoms with E-state index in [-0.39, 0.29) is 5.78 Å². The van der Waals surface area contributed by atoms with Crippen LogP contribution in [0, 0.1) is 0 Å². The maximum Gasteiger partial charge on any atom is 0.194 e. The quantitative estimate of drug-likeness (QED) is 0.323. The van der Waals surface area contributed by atoms with Gasteiger partial charge in [-0.25, -0.2) is 0 Å². The summed E-state index contributed by atoms with van der Waals surface area (Å²) in [6.45, 7) is 0. The van der Waals surface area contributed by atoms with E-state index in [1.165, 1.54) is 0 Å². The fourth-order valence-electron chi connectivity index (χ4n) is 3.79. The van der Waals surface area contributed by atoms with Crippen molar-refractivity contribution in [3.8, 4) is 22.3 Å². The van der Waals surface area contributed by atoms with Crippen molar-refractivity contribution in [2.45, 2.75) is 0 Å². The Morgan fingerprint density at radius 2 is 1.12 bits per heavy atom. The van der Waals surface area contributed by atoms with E-state index in [2.05, 4.69) is 46.3 Å². The van der Waals surface area contributed by atoms with Gasteiger partial charge in [-0.05, 0) is 39.1 Å². The highest BCUT2D eigenvalue weighted by Gasteiger charge is 2.29. The number of carbonyl (C=O) groups excluding carboxylic acids is 1. The lowest BCUT2D eigenvalue weighted by Gasteiger charge is -2.12. The van der Waals surface area contributed by atoms with Gasteiger partial charge in [0.1, 0.15) is 0 Å². The monoisotopic (exact) mass is 384 g/mol. The molecule has 0 atom stereocenters. The van der Waals surface area contributed by atoms with Crippen LogP contribution in [0.1, 0.15) is 15.9 Å². The summed E-state index contributed by atoms with van der Waals surface area (Å²) in [5.41, 5.74) is 5.78. The van der Waals surface area contributed by atoms with Crippen LogP contribution in [0.5, 0.6) is 0 Å². The molecule has 0 fully saturated rings. The van der Waals surface area contributed by atoms with Crippen molar-refractivity contribution in [3.05, 3.63) is 94.5 Å². The third kappa shape index (κ3) is 2.04. The molecule has 0 saturated carbocycles. The van der Waals surface area contributed by atoms with E-state index in [4.69, 9.17) is 0 Å². The number of benzene rings is 4. The summed E-state index contributed by atoms with van der Waals surface area (Å²) in [6, 6.07) is 26.4. The van der Waals surface area contributed by atoms with Gasteiger partial charge in [-0.3, -0.25) is 4.79 Å². The molecule has 25 heavy (non-hydrogen) atoms. The molecule has 118 valence electrons. The van der Waals surface area contributed by atoms with Crippen LogP contribution >= 0.6 is 15.9 Å². The van der Waals surface area contributed by atoms with Gasteiger partial charge < -0.3 is 0 Å². The summed E-state index contributed by atoms with van der Waals surface area (Å²) in [7, 11) is 0. The van der Waals surface area contributed by atoms with E-state index in [0.29, 0.717) is 0 Å². The van der Waals surface area contributed by atoms with Gasteiger partial charge in [-0.2, -0.15) is 0 Å². The first-order valence-electron chi connectivity index (χ1n) is 8.20. The predicted octanol–water partition coefficient (Wildman–Crippen LogP) is 6.48. The normalized spacial score (nSPS) is 12.3. The summed E-state index contributed by atoms with van der Waals surface area (Å²) in [5, 5.41) is 2.30. The van der Waals surface area contributed by atoms with Crippen molar-refractivity contribution in [1.82, 2.24) is 0 Å². The number of ketones is 1. The molecule has 0 saturated heterocycles. The highest BCUT2D eigenvalue weighted by molar-refractivity contribution is 9.10. The van der Waals surface area contributed by atoms with Crippen molar-refractivity contribution >= 4 is 32.5 Å². The third-order valence-corrected chi connectivity index (χ3v) is 5.61. The highest BCUT2D eigenvalue weighted by Crippen LogP contribution is 2.43. The molecule has 5 rings (SSSR count). The number of carbonyl (C=O) groups is 1. The Labute approximate surface area is 154 Å². The zero-order valence-corrected chi connectivity index (χ0v) is 14.9. The number of fused-ring (bicyclic) bond motifs is 4. The fourth-order valence-corrected chi connectivity index (χ4v) is 4.27. The van der Waals surface area contributed by atoms with Crippen LogP contribution in [0.4, 0.5) is 0 Å². The molecule has 0 aromatic heterocycles. The summed E-state index contributed by atoms with van der Waals surface area (Å²) < 4.78 is 1.06. The highest BCUT2D eigenvalue weighted by atomic mass is 79.9. The van der Waals surface area contributed by atoms with E-state index in [0.717, 1.165) is 48.6 Å². The average molecular weight is 385 g/mol. The van der Waals surface area contributed by atoms with Gasteiger partial charge in [0.05, 0.1) is 0 Å². The largest absolute Gasteiger partial charge is 0.289 e. The van der Waals surface area contributed by atoms with Gasteiger partial charge in [0.15, 0.2) is 5.78 Å². The molecule has 0 N–H and O–H groups in total. The molecular weight excluding hydrogens is 372 g/mol. The van der Waals surface area contributed by atoms with E-state index in [1.54, 1.807) is 0 Å². The van der Waals surface area contributed by atoms with Crippen LogP contribution in [0.25, 0.3) is 33.0 Å². The topological polar surface area (TPSA) is 17.1 Å². The zero-order valence-electron chi connectivity index (χ0n) is 13.3. The second kappa shape index (κ2) is 5.40. The van der Waals surface area contributed by atoms with Crippen LogP contribution < -0.4 is 0 Å². The summed E-state index contributed by atoms with van der Waals surface area (Å²) >= 11 is 3.63. The molecular formula is C23H13BrO. The second-order valence-electron chi connectivity index (χ2n) is 6.24. The molecule has 0 amide bonds. The van der Waals surface area contributed by atoms with Crippen molar-refractivity contribution in [3.63, 3.8) is 0 Å². The van der Waals surface area contributed by atoms with Crippen LogP contribution in [0.15, 0.2) is 83.3 Å². The molecule has 0 bridgehead atoms. The average Bonchev–Trinajstić information content (AvgIpc) is 2.96. The second-order valence-corrected chi connectivity index (χ2v) is 7.10. The summed E-state index contributed by atoms with van der Waals surface area (Å²) in [4.78, 5) is 13.1. The Hall–Kier alpha value is -2.71. The maximum atomic E-state index is 13.1. The minimum Gasteiger partial charge on any atom is -0.289 e. The standard InChI is InChI=1S/C23H13BrO/c24-21-13-12-16(14-6-1-3-8-17(14)21)19-11-5-10-18-15-7-2-4-9-20(15)23(25)22(18)19/h1-13H. The fraction of sp³-hybridized carbons (Fsp3) is 0. The first-order chi connectivity index (χ1) is 12.3. The van der Waals surface area contributed by atoms with Gasteiger partial charge in [0.25, 0.3) is 0 Å². The van der Waals surface area contributed by atoms with E-state index in [9.17, 15) is 4.79 Å². The lowest BCUT2D eigenvalue weighted by Crippen LogP contribution is -1.98. The number of hydrogen-bond acceptors (Lipinski definition) is 1. The summed E-state index contributed by atoms with van der Waals surface area (Å²) in [6.07, 6.45) is 0. The first-order valence-corrected chi connectivity index (χ1v) is 9.00. The van der Waals surface area contributed by atoms with Crippen LogP contribution in [-0.2, 0) is 0 Å². The Morgan fingerprint density at radius 1 is 0.520 bits per heavy atom. The molecule has 0 aliphatic heterocycles. The minimum atomic E-state index is 0.119. The number of rotatable bonds is 1. The molecule has 0 spiro atoms. The molecule has 1 aliphatic rings. The van der Waals surface area contributed by atoms with Crippen LogP contribution in [-0.4, -0.2) is 5.78 Å². The molecule has 1 aliphatic carbocycles. The van der Waals surface area contributed by atoms with Gasteiger partial charge in [-0.15, -0.1) is 0 Å². The molecule has 4 aromatic rings. The van der Waals surface area contributed by atoms with Crippen molar-refractivity contribution < 1.29 is 4.79 Å². The SMILES string of the molecule is O=C1c2ccccc2-c2cccc(-c3ccc(Br)c4ccccc34)c21. The third-order valence-electron chi connectivity index (χ3n) is 4.91. The van der Waals surface area contributed by atoms with Crippen molar-refractivity contribution in [2.24, 2.45) is 0 Å². The Morgan fingerprint density at radius 3 is 1.92 bits per heavy atom. The van der Waals surface area contributed by atoms with Gasteiger partial charge >= 0.3 is 0 Å². The first kappa shape index (κ1) is 14.6. The zero-order chi connectivity index (χ0) is 17.0. The van der Waals surface area contributed by atoms with Crippen LogP contribution in [0.2, 0.25) is 0 Å². The Kier molecular flexibility index (Phi) is 3.16. The molecule has 1 nitrogen and oxygen atoms in total. The Balaban J connectivity index is 1.86. The molecule has 2 heteroatoms. The van der Waals surface area contributed by atoms with Crippen molar-refractivity contribution in [1.29, 1.82) is 0 Å². The number of hydrogen-bond donors (Lipinski definition) is 0. The smallest absolute Gasteiger partial charge is 0.194 e. The minimum absolute atomic E-state index is 0.119. The van der Waals surface area contributed by atoms with Gasteiger partial charge in [0, 0.05) is 15.6 Å². The summed E-state index contributed by atoms with van der Waals surface area (Å²) in [5.74, 6) is 0.119. The van der Waals surface area contributed by atoms with Gasteiger partial charge in [0.2, 0.25) is 0 Å². The molecule has 0 radical (unpaired) electrons. The van der Waals surface area contributed by atoms with E-state index < -0.39 is 0 Å². The maximum absolute atomic E-state index is 13.1. The van der Waals surface area contributed by atoms with Crippen LogP contribution in [0.3, 0.4) is 0 Å². The van der Waals surface area contributed by atoms with E-state index in [1.807, 2.05) is 48.5 Å². The van der Waals surface area contributed by atoms with Crippen molar-refractivity contribution in [2.75, 3.05) is 0 Å².